The summed E-state index contributed by atoms with van der Waals surface area (Å²) in [6.07, 6.45) is 3.22. The van der Waals surface area contributed by atoms with E-state index < -0.39 is 0 Å². The van der Waals surface area contributed by atoms with Gasteiger partial charge in [0.05, 0.1) is 30.0 Å². The molecule has 3 aromatic carbocycles. The number of nitrogens with zero attached hydrogens (tertiary/aromatic N) is 5. The molecule has 6 rings (SSSR count). The number of carbonyl (C=O) groups excluding carboxylic acids is 1. The zero-order chi connectivity index (χ0) is 31.3. The minimum absolute atomic E-state index is 0.0409. The Morgan fingerprint density at radius 2 is 1.95 bits per heavy atom. The number of benzene rings is 3. The van der Waals surface area contributed by atoms with Crippen molar-refractivity contribution in [2.24, 2.45) is 4.99 Å². The lowest BCUT2D eigenvalue weighted by Crippen LogP contribution is -2.53. The number of amides is 1. The summed E-state index contributed by atoms with van der Waals surface area (Å²) < 4.78 is 1.69. The maximum atomic E-state index is 14.6. The fourth-order valence-electron chi connectivity index (χ4n) is 6.65. The van der Waals surface area contributed by atoms with Gasteiger partial charge in [-0.05, 0) is 66.3 Å². The highest BCUT2D eigenvalue weighted by Crippen LogP contribution is 2.44. The van der Waals surface area contributed by atoms with Gasteiger partial charge in [0.15, 0.2) is 0 Å². The van der Waals surface area contributed by atoms with Crippen LogP contribution >= 0.6 is 11.6 Å². The van der Waals surface area contributed by atoms with Gasteiger partial charge in [0, 0.05) is 53.4 Å². The Labute approximate surface area is 262 Å². The van der Waals surface area contributed by atoms with Gasteiger partial charge < -0.3 is 9.80 Å². The van der Waals surface area contributed by atoms with Gasteiger partial charge in [-0.2, -0.15) is 0 Å². The summed E-state index contributed by atoms with van der Waals surface area (Å²) in [5, 5.41) is 1.25. The average molecular weight is 604 g/mol. The van der Waals surface area contributed by atoms with Gasteiger partial charge in [0.25, 0.3) is 11.2 Å². The molecule has 1 aromatic heterocycles. The summed E-state index contributed by atoms with van der Waals surface area (Å²) in [7, 11) is 0. The van der Waals surface area contributed by atoms with Crippen molar-refractivity contribution in [3.8, 4) is 16.8 Å². The van der Waals surface area contributed by atoms with Gasteiger partial charge >= 0.3 is 0 Å². The predicted molar refractivity (Wildman–Crippen MR) is 180 cm³/mol. The Morgan fingerprint density at radius 3 is 2.66 bits per heavy atom. The smallest absolute Gasteiger partial charge is 0.274 e. The number of rotatable bonds is 5. The van der Waals surface area contributed by atoms with Gasteiger partial charge in [-0.3, -0.25) is 19.1 Å². The van der Waals surface area contributed by atoms with E-state index in [-0.39, 0.29) is 29.1 Å². The quantitative estimate of drug-likeness (QED) is 0.176. The van der Waals surface area contributed by atoms with Crippen LogP contribution in [-0.2, 0) is 11.3 Å². The van der Waals surface area contributed by atoms with Crippen LogP contribution in [-0.4, -0.2) is 47.3 Å². The minimum Gasteiger partial charge on any atom is -0.373 e. The van der Waals surface area contributed by atoms with Crippen molar-refractivity contribution in [3.05, 3.63) is 110 Å². The highest BCUT2D eigenvalue weighted by Gasteiger charge is 2.32. The van der Waals surface area contributed by atoms with Crippen LogP contribution in [0.15, 0.2) is 71.0 Å². The van der Waals surface area contributed by atoms with E-state index in [1.54, 1.807) is 9.47 Å². The third-order valence-corrected chi connectivity index (χ3v) is 9.13. The van der Waals surface area contributed by atoms with E-state index in [1.807, 2.05) is 49.5 Å². The molecule has 44 heavy (non-hydrogen) atoms. The number of fused-ring (bicyclic) bond motifs is 2. The van der Waals surface area contributed by atoms with Crippen LogP contribution in [0.4, 0.5) is 11.4 Å². The summed E-state index contributed by atoms with van der Waals surface area (Å²) >= 11 is 7.17. The van der Waals surface area contributed by atoms with E-state index in [9.17, 15) is 9.59 Å². The molecule has 2 aliphatic heterocycles. The number of carbonyl (C=O) groups is 1. The fourth-order valence-corrected chi connectivity index (χ4v) is 6.91. The molecule has 0 unspecified atom stereocenters. The minimum atomic E-state index is -0.378. The van der Waals surface area contributed by atoms with Gasteiger partial charge in [-0.1, -0.05) is 62.4 Å². The number of halogens is 1. The molecule has 0 radical (unpaired) electrons. The average Bonchev–Trinajstić information content (AvgIpc) is 3.49. The van der Waals surface area contributed by atoms with Crippen molar-refractivity contribution in [2.45, 2.75) is 46.2 Å². The summed E-state index contributed by atoms with van der Waals surface area (Å²) in [6, 6.07) is 15.8. The molecular formula is C36H34ClN5O2. The Bertz CT molecular complexity index is 1980. The number of piperazine rings is 1. The Morgan fingerprint density at radius 1 is 1.18 bits per heavy atom. The molecule has 8 heteroatoms. The maximum Gasteiger partial charge on any atom is 0.274 e. The lowest BCUT2D eigenvalue weighted by atomic mass is 9.91. The first-order valence-electron chi connectivity index (χ1n) is 14.9. The second-order valence-electron chi connectivity index (χ2n) is 11.8. The van der Waals surface area contributed by atoms with E-state index in [0.717, 1.165) is 44.5 Å². The molecule has 222 valence electrons. The Balaban J connectivity index is 1.70. The molecule has 3 heterocycles. The molecule has 1 atom stereocenters. The molecule has 1 fully saturated rings. The van der Waals surface area contributed by atoms with Crippen molar-refractivity contribution >= 4 is 46.0 Å². The zero-order valence-electron chi connectivity index (χ0n) is 25.4. The van der Waals surface area contributed by atoms with Crippen LogP contribution in [0.1, 0.15) is 48.9 Å². The molecule has 0 spiro atoms. The standard InChI is InChI=1S/C36H34ClN5O2/c1-7-32(43)40-14-15-41(23(5)20-40)35-27-16-29(37)26(33-22(4)12-13-24-18-39-19-28(24)33)17-31(27)42(36(44)34(35)38-6)30-11-9-8-10-25(30)21(2)3/h7-13,16-17,19,21,23H,1,14-15,18,20H2,2-5H3/t23-/m0/s1. The second-order valence-corrected chi connectivity index (χ2v) is 12.3. The number of aryl methyl sites for hydroxylation is 1. The van der Waals surface area contributed by atoms with Crippen LogP contribution in [0.3, 0.4) is 0 Å². The Hall–Kier alpha value is -4.67. The van der Waals surface area contributed by atoms with Crippen molar-refractivity contribution in [1.29, 1.82) is 0 Å². The third-order valence-electron chi connectivity index (χ3n) is 8.82. The molecule has 4 aromatic rings. The molecule has 0 aliphatic carbocycles. The number of pyridine rings is 1. The Kier molecular flexibility index (Phi) is 7.65. The van der Waals surface area contributed by atoms with Gasteiger partial charge in [-0.25, -0.2) is 4.85 Å². The van der Waals surface area contributed by atoms with Crippen molar-refractivity contribution in [1.82, 2.24) is 9.47 Å². The number of aromatic nitrogens is 1. The molecule has 0 N–H and O–H groups in total. The maximum absolute atomic E-state index is 14.6. The third kappa shape index (κ3) is 4.71. The van der Waals surface area contributed by atoms with Crippen molar-refractivity contribution in [2.75, 3.05) is 24.5 Å². The number of anilines is 1. The highest BCUT2D eigenvalue weighted by atomic mass is 35.5. The van der Waals surface area contributed by atoms with Crippen molar-refractivity contribution < 1.29 is 4.79 Å². The van der Waals surface area contributed by atoms with Gasteiger partial charge in [-0.15, -0.1) is 0 Å². The second kappa shape index (κ2) is 11.4. The lowest BCUT2D eigenvalue weighted by molar-refractivity contribution is -0.126. The van der Waals surface area contributed by atoms with Crippen LogP contribution in [0, 0.1) is 13.5 Å². The van der Waals surface area contributed by atoms with E-state index in [1.165, 1.54) is 6.08 Å². The SMILES string of the molecule is [C-]#[N+]c1c(N2CCN(C(=O)C=C)C[C@@H]2C)c2cc(Cl)c(-c3c(C)ccc4c3C=NC4)cc2n(-c2ccccc2C(C)C)c1=O. The predicted octanol–water partition coefficient (Wildman–Crippen LogP) is 7.45. The normalized spacial score (nSPS) is 16.0. The lowest BCUT2D eigenvalue weighted by Gasteiger charge is -2.42. The van der Waals surface area contributed by atoms with E-state index >= 15 is 0 Å². The number of aliphatic imine (C=N–C) groups is 1. The van der Waals surface area contributed by atoms with Crippen molar-refractivity contribution in [3.63, 3.8) is 0 Å². The summed E-state index contributed by atoms with van der Waals surface area (Å²) in [5.74, 6) is 0.0109. The summed E-state index contributed by atoms with van der Waals surface area (Å²) in [5.41, 5.74) is 7.68. The molecular weight excluding hydrogens is 570 g/mol. The monoisotopic (exact) mass is 603 g/mol. The molecule has 2 aliphatic rings. The van der Waals surface area contributed by atoms with Crippen LogP contribution in [0.25, 0.3) is 32.6 Å². The fraction of sp³-hybridized carbons (Fsp3) is 0.278. The first-order valence-corrected chi connectivity index (χ1v) is 15.2. The van der Waals surface area contributed by atoms with E-state index in [2.05, 4.69) is 54.2 Å². The summed E-state index contributed by atoms with van der Waals surface area (Å²) in [4.78, 5) is 39.2. The van der Waals surface area contributed by atoms with Crippen LogP contribution in [0.2, 0.25) is 5.02 Å². The number of hydrogen-bond donors (Lipinski definition) is 0. The van der Waals surface area contributed by atoms with E-state index in [4.69, 9.17) is 18.2 Å². The van der Waals surface area contributed by atoms with Crippen LogP contribution < -0.4 is 10.5 Å². The van der Waals surface area contributed by atoms with Crippen LogP contribution in [0.5, 0.6) is 0 Å². The van der Waals surface area contributed by atoms with Gasteiger partial charge in [0.1, 0.15) is 0 Å². The van der Waals surface area contributed by atoms with Gasteiger partial charge in [0.2, 0.25) is 5.91 Å². The first-order chi connectivity index (χ1) is 21.2. The largest absolute Gasteiger partial charge is 0.373 e. The molecule has 0 bridgehead atoms. The molecule has 0 saturated carbocycles. The highest BCUT2D eigenvalue weighted by molar-refractivity contribution is 6.35. The van der Waals surface area contributed by atoms with E-state index in [0.29, 0.717) is 42.4 Å². The molecule has 1 amide bonds. The summed E-state index contributed by atoms with van der Waals surface area (Å²) in [6.45, 7) is 22.1. The first kappa shape index (κ1) is 29.4. The zero-order valence-corrected chi connectivity index (χ0v) is 26.2. The number of para-hydroxylation sites is 1. The molecule has 7 nitrogen and oxygen atoms in total. The number of hydrogen-bond acceptors (Lipinski definition) is 4. The molecule has 1 saturated heterocycles. The topological polar surface area (TPSA) is 62.3 Å².